The van der Waals surface area contributed by atoms with Crippen LogP contribution in [0.5, 0.6) is 11.5 Å². The topological polar surface area (TPSA) is 50.8 Å². The average molecular weight is 342 g/mol. The molecule has 2 aromatic rings. The number of carbonyl (C=O) groups is 1. The number of nitrogens with one attached hydrogen (secondary N) is 1. The molecule has 134 valence electrons. The molecule has 5 heteroatoms. The van der Waals surface area contributed by atoms with Crippen molar-refractivity contribution in [3.05, 3.63) is 60.2 Å². The van der Waals surface area contributed by atoms with Gasteiger partial charge in [-0.1, -0.05) is 30.3 Å². The summed E-state index contributed by atoms with van der Waals surface area (Å²) >= 11 is 0. The number of nitrogens with zero attached hydrogens (tertiary/aromatic N) is 1. The van der Waals surface area contributed by atoms with Gasteiger partial charge in [0.2, 0.25) is 0 Å². The van der Waals surface area contributed by atoms with E-state index in [9.17, 15) is 4.79 Å². The molecule has 0 aliphatic heterocycles. The maximum absolute atomic E-state index is 12.3. The second-order valence-electron chi connectivity index (χ2n) is 5.99. The minimum atomic E-state index is -0.149. The molecule has 0 spiro atoms. The number of likely N-dealkylation sites (N-methyl/N-ethyl adjacent to an activating group) is 1. The van der Waals surface area contributed by atoms with E-state index in [4.69, 9.17) is 9.47 Å². The lowest BCUT2D eigenvalue weighted by atomic mass is 10.1. The Hall–Kier alpha value is -2.53. The Kier molecular flexibility index (Phi) is 7.29. The van der Waals surface area contributed by atoms with E-state index in [1.54, 1.807) is 12.1 Å². The zero-order valence-electron chi connectivity index (χ0n) is 15.1. The summed E-state index contributed by atoms with van der Waals surface area (Å²) in [6.07, 6.45) is 0. The third kappa shape index (κ3) is 6.47. The number of rotatable bonds is 9. The minimum Gasteiger partial charge on any atom is -0.494 e. The molecular weight excluding hydrogens is 316 g/mol. The summed E-state index contributed by atoms with van der Waals surface area (Å²) in [5, 5.41) is 3.04. The first-order valence-electron chi connectivity index (χ1n) is 8.43. The first kappa shape index (κ1) is 18.8. The molecule has 0 aliphatic rings. The van der Waals surface area contributed by atoms with E-state index in [0.717, 1.165) is 17.9 Å². The number of carbonyl (C=O) groups excluding carboxylic acids is 1. The van der Waals surface area contributed by atoms with Crippen LogP contribution in [0, 0.1) is 0 Å². The van der Waals surface area contributed by atoms with E-state index in [-0.39, 0.29) is 18.6 Å². The fourth-order valence-electron chi connectivity index (χ4n) is 2.47. The Morgan fingerprint density at radius 2 is 1.60 bits per heavy atom. The maximum atomic E-state index is 12.3. The predicted octanol–water partition coefficient (Wildman–Crippen LogP) is 2.88. The standard InChI is InChI=1S/C20H26N2O3/c1-4-24-17-10-12-18(13-11-17)25-15-20(23)21-19(14-22(2)3)16-8-6-5-7-9-16/h5-13,19H,4,14-15H2,1-3H3,(H,21,23)/t19-/m1/s1. The number of hydrogen-bond donors (Lipinski definition) is 1. The van der Waals surface area contributed by atoms with Crippen molar-refractivity contribution in [2.45, 2.75) is 13.0 Å². The molecule has 1 amide bonds. The molecule has 0 aromatic heterocycles. The zero-order valence-corrected chi connectivity index (χ0v) is 15.1. The lowest BCUT2D eigenvalue weighted by Gasteiger charge is -2.23. The van der Waals surface area contributed by atoms with E-state index < -0.39 is 0 Å². The fraction of sp³-hybridized carbons (Fsp3) is 0.350. The molecule has 0 aliphatic carbocycles. The first-order chi connectivity index (χ1) is 12.1. The molecular formula is C20H26N2O3. The Bertz CT molecular complexity index is 642. The quantitative estimate of drug-likeness (QED) is 0.761. The summed E-state index contributed by atoms with van der Waals surface area (Å²) in [5.41, 5.74) is 1.07. The molecule has 1 N–H and O–H groups in total. The molecule has 0 fully saturated rings. The summed E-state index contributed by atoms with van der Waals surface area (Å²) in [6, 6.07) is 17.1. The molecule has 0 saturated heterocycles. The van der Waals surface area contributed by atoms with Gasteiger partial charge < -0.3 is 19.7 Å². The Labute approximate surface area is 149 Å². The summed E-state index contributed by atoms with van der Waals surface area (Å²) in [5.74, 6) is 1.28. The van der Waals surface area contributed by atoms with Gasteiger partial charge in [-0.3, -0.25) is 4.79 Å². The highest BCUT2D eigenvalue weighted by Crippen LogP contribution is 2.18. The van der Waals surface area contributed by atoms with E-state index in [1.807, 2.05) is 68.4 Å². The number of amides is 1. The molecule has 0 heterocycles. The highest BCUT2D eigenvalue weighted by Gasteiger charge is 2.15. The van der Waals surface area contributed by atoms with Gasteiger partial charge >= 0.3 is 0 Å². The smallest absolute Gasteiger partial charge is 0.258 e. The predicted molar refractivity (Wildman–Crippen MR) is 99.0 cm³/mol. The Morgan fingerprint density at radius 1 is 1.00 bits per heavy atom. The third-order valence-corrected chi connectivity index (χ3v) is 3.59. The van der Waals surface area contributed by atoms with Crippen LogP contribution in [0.2, 0.25) is 0 Å². The van der Waals surface area contributed by atoms with Crippen molar-refractivity contribution < 1.29 is 14.3 Å². The molecule has 0 bridgehead atoms. The van der Waals surface area contributed by atoms with Gasteiger partial charge in [0, 0.05) is 6.54 Å². The highest BCUT2D eigenvalue weighted by molar-refractivity contribution is 5.78. The van der Waals surface area contributed by atoms with Gasteiger partial charge in [-0.2, -0.15) is 0 Å². The van der Waals surface area contributed by atoms with Gasteiger partial charge in [-0.25, -0.2) is 0 Å². The Morgan fingerprint density at radius 3 is 2.16 bits per heavy atom. The van der Waals surface area contributed by atoms with Crippen LogP contribution in [0.15, 0.2) is 54.6 Å². The van der Waals surface area contributed by atoms with Crippen LogP contribution >= 0.6 is 0 Å². The van der Waals surface area contributed by atoms with Crippen molar-refractivity contribution in [2.75, 3.05) is 33.9 Å². The maximum Gasteiger partial charge on any atom is 0.258 e. The molecule has 0 saturated carbocycles. The lowest BCUT2D eigenvalue weighted by Crippen LogP contribution is -2.37. The van der Waals surface area contributed by atoms with E-state index in [0.29, 0.717) is 12.4 Å². The highest BCUT2D eigenvalue weighted by atomic mass is 16.5. The monoisotopic (exact) mass is 342 g/mol. The van der Waals surface area contributed by atoms with Gasteiger partial charge in [-0.15, -0.1) is 0 Å². The van der Waals surface area contributed by atoms with E-state index in [2.05, 4.69) is 5.32 Å². The second kappa shape index (κ2) is 9.69. The van der Waals surface area contributed by atoms with Gasteiger partial charge in [-0.05, 0) is 50.8 Å². The van der Waals surface area contributed by atoms with Crippen molar-refractivity contribution in [1.29, 1.82) is 0 Å². The van der Waals surface area contributed by atoms with Gasteiger partial charge in [0.25, 0.3) is 5.91 Å². The van der Waals surface area contributed by atoms with Crippen molar-refractivity contribution in [3.8, 4) is 11.5 Å². The normalized spacial score (nSPS) is 11.8. The fourth-order valence-corrected chi connectivity index (χ4v) is 2.47. The minimum absolute atomic E-state index is 0.0231. The van der Waals surface area contributed by atoms with E-state index >= 15 is 0 Å². The van der Waals surface area contributed by atoms with Gasteiger partial charge in [0.05, 0.1) is 12.6 Å². The molecule has 1 atom stereocenters. The van der Waals surface area contributed by atoms with Crippen LogP contribution in [-0.2, 0) is 4.79 Å². The summed E-state index contributed by atoms with van der Waals surface area (Å²) in [6.45, 7) is 3.25. The van der Waals surface area contributed by atoms with Gasteiger partial charge in [0.1, 0.15) is 11.5 Å². The van der Waals surface area contributed by atoms with Crippen molar-refractivity contribution in [3.63, 3.8) is 0 Å². The lowest BCUT2D eigenvalue weighted by molar-refractivity contribution is -0.124. The van der Waals surface area contributed by atoms with Crippen LogP contribution in [-0.4, -0.2) is 44.7 Å². The van der Waals surface area contributed by atoms with Crippen molar-refractivity contribution in [2.24, 2.45) is 0 Å². The van der Waals surface area contributed by atoms with Crippen LogP contribution in [0.4, 0.5) is 0 Å². The molecule has 2 aromatic carbocycles. The molecule has 25 heavy (non-hydrogen) atoms. The third-order valence-electron chi connectivity index (χ3n) is 3.59. The molecule has 5 nitrogen and oxygen atoms in total. The number of ether oxygens (including phenoxy) is 2. The Balaban J connectivity index is 1.90. The van der Waals surface area contributed by atoms with Crippen LogP contribution in [0.1, 0.15) is 18.5 Å². The zero-order chi connectivity index (χ0) is 18.1. The average Bonchev–Trinajstić information content (AvgIpc) is 2.61. The molecule has 2 rings (SSSR count). The second-order valence-corrected chi connectivity index (χ2v) is 5.99. The van der Waals surface area contributed by atoms with Gasteiger partial charge in [0.15, 0.2) is 6.61 Å². The van der Waals surface area contributed by atoms with Crippen LogP contribution < -0.4 is 14.8 Å². The SMILES string of the molecule is CCOc1ccc(OCC(=O)N[C@H](CN(C)C)c2ccccc2)cc1. The summed E-state index contributed by atoms with van der Waals surface area (Å²) < 4.78 is 10.9. The first-order valence-corrected chi connectivity index (χ1v) is 8.43. The van der Waals surface area contributed by atoms with Crippen LogP contribution in [0.25, 0.3) is 0 Å². The molecule has 0 unspecified atom stereocenters. The summed E-state index contributed by atoms with van der Waals surface area (Å²) in [7, 11) is 3.97. The molecule has 0 radical (unpaired) electrons. The van der Waals surface area contributed by atoms with Crippen molar-refractivity contribution >= 4 is 5.91 Å². The number of hydrogen-bond acceptors (Lipinski definition) is 4. The van der Waals surface area contributed by atoms with Crippen LogP contribution in [0.3, 0.4) is 0 Å². The van der Waals surface area contributed by atoms with E-state index in [1.165, 1.54) is 0 Å². The van der Waals surface area contributed by atoms with Crippen molar-refractivity contribution in [1.82, 2.24) is 10.2 Å². The summed E-state index contributed by atoms with van der Waals surface area (Å²) in [4.78, 5) is 14.3. The number of benzene rings is 2. The largest absolute Gasteiger partial charge is 0.494 e.